The van der Waals surface area contributed by atoms with Gasteiger partial charge in [0.15, 0.2) is 0 Å². The van der Waals surface area contributed by atoms with Gasteiger partial charge >= 0.3 is 65.5 Å². The van der Waals surface area contributed by atoms with Crippen LogP contribution in [0.2, 0.25) is 0 Å². The molecule has 0 unspecified atom stereocenters. The SMILES string of the molecule is N[C](=O)[K].O=C(O)c1ccccc1. The number of rotatable bonds is 1. The second-order valence-corrected chi connectivity index (χ2v) is 3.82. The van der Waals surface area contributed by atoms with Gasteiger partial charge in [-0.25, -0.2) is 4.79 Å². The molecule has 1 aromatic rings. The normalized spacial score (nSPS) is 8.15. The van der Waals surface area contributed by atoms with Crippen LogP contribution in [-0.2, 0) is 0 Å². The molecule has 0 atom stereocenters. The summed E-state index contributed by atoms with van der Waals surface area (Å²) in [6.45, 7) is 0. The number of nitrogens with two attached hydrogens (primary N) is 1. The van der Waals surface area contributed by atoms with E-state index in [-0.39, 0.29) is 49.0 Å². The van der Waals surface area contributed by atoms with E-state index in [0.29, 0.717) is 5.56 Å². The van der Waals surface area contributed by atoms with Crippen molar-refractivity contribution in [1.82, 2.24) is 0 Å². The van der Waals surface area contributed by atoms with Crippen molar-refractivity contribution >= 4 is 54.9 Å². The average molecular weight is 205 g/mol. The number of benzene rings is 1. The Kier molecular flexibility index (Phi) is 7.11. The predicted molar refractivity (Wildman–Crippen MR) is 48.7 cm³/mol. The summed E-state index contributed by atoms with van der Waals surface area (Å²) in [7, 11) is 0. The molecule has 0 fully saturated rings. The van der Waals surface area contributed by atoms with Crippen molar-refractivity contribution in [3.8, 4) is 0 Å². The molecule has 1 amide bonds. The van der Waals surface area contributed by atoms with Crippen LogP contribution in [0, 0.1) is 0 Å². The third-order valence-electron chi connectivity index (χ3n) is 1.02. The van der Waals surface area contributed by atoms with Crippen molar-refractivity contribution in [2.24, 2.45) is 5.73 Å². The monoisotopic (exact) mass is 205 g/mol. The Hall–Kier alpha value is -0.204. The van der Waals surface area contributed by atoms with Crippen LogP contribution in [0.1, 0.15) is 10.4 Å². The van der Waals surface area contributed by atoms with Gasteiger partial charge in [0, 0.05) is 0 Å². The summed E-state index contributed by atoms with van der Waals surface area (Å²) in [4.78, 5) is 19.5. The summed E-state index contributed by atoms with van der Waals surface area (Å²) in [5, 5.41) is 8.38. The summed E-state index contributed by atoms with van der Waals surface area (Å²) in [5.41, 5.74) is 4.89. The zero-order valence-corrected chi connectivity index (χ0v) is 10.4. The van der Waals surface area contributed by atoms with Crippen molar-refractivity contribution in [2.45, 2.75) is 0 Å². The maximum Gasteiger partial charge on any atom is 0.335 e. The van der Waals surface area contributed by atoms with Crippen molar-refractivity contribution in [2.75, 3.05) is 0 Å². The Labute approximate surface area is 110 Å². The third kappa shape index (κ3) is 8.14. The maximum atomic E-state index is 10.2. The Morgan fingerprint density at radius 2 is 1.62 bits per heavy atom. The first-order valence-corrected chi connectivity index (χ1v) is 5.14. The molecule has 0 saturated carbocycles. The molecule has 13 heavy (non-hydrogen) atoms. The molecule has 64 valence electrons. The van der Waals surface area contributed by atoms with Crippen molar-refractivity contribution in [3.05, 3.63) is 35.9 Å². The van der Waals surface area contributed by atoms with Gasteiger partial charge in [-0.05, 0) is 12.1 Å². The number of primary amides is 1. The first-order valence-electron chi connectivity index (χ1n) is 3.58. The molecule has 0 radical (unpaired) electrons. The van der Waals surface area contributed by atoms with Crippen LogP contribution in [0.3, 0.4) is 0 Å². The minimum absolute atomic E-state index is 0.146. The molecule has 0 aliphatic carbocycles. The van der Waals surface area contributed by atoms with E-state index in [4.69, 9.17) is 5.11 Å². The maximum absolute atomic E-state index is 10.2. The van der Waals surface area contributed by atoms with Crippen molar-refractivity contribution in [3.63, 3.8) is 0 Å². The largest absolute Gasteiger partial charge is 0.478 e. The van der Waals surface area contributed by atoms with E-state index >= 15 is 0 Å². The average Bonchev–Trinajstić information content (AvgIpc) is 2.05. The molecule has 4 nitrogen and oxygen atoms in total. The van der Waals surface area contributed by atoms with Crippen LogP contribution in [0.5, 0.6) is 0 Å². The second kappa shape index (κ2) is 7.22. The van der Waals surface area contributed by atoms with Crippen LogP contribution < -0.4 is 5.73 Å². The molecule has 0 spiro atoms. The van der Waals surface area contributed by atoms with Gasteiger partial charge in [-0.1, -0.05) is 18.2 Å². The fourth-order valence-corrected chi connectivity index (χ4v) is 0.581. The molecule has 3 N–H and O–H groups in total. The zero-order chi connectivity index (χ0) is 10.3. The number of carboxylic acid groups (broad SMARTS) is 1. The van der Waals surface area contributed by atoms with Crippen molar-refractivity contribution < 1.29 is 14.7 Å². The molecular weight excluding hydrogens is 197 g/mol. The molecule has 5 heteroatoms. The van der Waals surface area contributed by atoms with Gasteiger partial charge < -0.3 is 5.11 Å². The first-order chi connectivity index (χ1) is 6.04. The quantitative estimate of drug-likeness (QED) is 0.659. The summed E-state index contributed by atoms with van der Waals surface area (Å²) in [6.07, 6.45) is 0. The van der Waals surface area contributed by atoms with E-state index < -0.39 is 5.97 Å². The van der Waals surface area contributed by atoms with E-state index in [0.717, 1.165) is 0 Å². The van der Waals surface area contributed by atoms with Gasteiger partial charge in [0.2, 0.25) is 0 Å². The number of amides is 1. The molecule has 0 aromatic heterocycles. The van der Waals surface area contributed by atoms with Gasteiger partial charge in [-0.3, -0.25) is 0 Å². The minimum Gasteiger partial charge on any atom is -0.478 e. The van der Waals surface area contributed by atoms with E-state index in [2.05, 4.69) is 5.73 Å². The van der Waals surface area contributed by atoms with Gasteiger partial charge in [-0.15, -0.1) is 0 Å². The van der Waals surface area contributed by atoms with Gasteiger partial charge in [0.1, 0.15) is 0 Å². The molecule has 0 saturated heterocycles. The molecule has 0 aliphatic rings. The topological polar surface area (TPSA) is 80.4 Å². The van der Waals surface area contributed by atoms with E-state index in [1.54, 1.807) is 30.3 Å². The molecule has 0 bridgehead atoms. The minimum atomic E-state index is -0.879. The van der Waals surface area contributed by atoms with Gasteiger partial charge in [0.25, 0.3) is 0 Å². The number of hydrogen-bond donors (Lipinski definition) is 2. The van der Waals surface area contributed by atoms with Gasteiger partial charge in [-0.2, -0.15) is 0 Å². The Morgan fingerprint density at radius 3 is 1.85 bits per heavy atom. The van der Waals surface area contributed by atoms with Crippen LogP contribution in [0.15, 0.2) is 30.3 Å². The van der Waals surface area contributed by atoms with Crippen LogP contribution in [-0.4, -0.2) is 60.0 Å². The number of carboxylic acids is 1. The van der Waals surface area contributed by atoms with Crippen molar-refractivity contribution in [1.29, 1.82) is 0 Å². The number of carbonyl (C=O) groups excluding carboxylic acids is 1. The van der Waals surface area contributed by atoms with E-state index in [1.807, 2.05) is 0 Å². The Bertz CT molecular complexity index is 283. The third-order valence-corrected chi connectivity index (χ3v) is 1.02. The summed E-state index contributed by atoms with van der Waals surface area (Å²) in [5.74, 6) is -0.879. The smallest absolute Gasteiger partial charge is 0.335 e. The summed E-state index contributed by atoms with van der Waals surface area (Å²) < 4.78 is -0.146. The fourth-order valence-electron chi connectivity index (χ4n) is 0.581. The fraction of sp³-hybridized carbons (Fsp3) is 0. The Morgan fingerprint density at radius 1 is 1.23 bits per heavy atom. The molecule has 0 aliphatic heterocycles. The van der Waals surface area contributed by atoms with Crippen LogP contribution in [0.4, 0.5) is 4.79 Å². The zero-order valence-electron chi connectivity index (χ0n) is 7.23. The number of hydrogen-bond acceptors (Lipinski definition) is 2. The predicted octanol–water partition coefficient (Wildman–Crippen LogP) is 0.618. The van der Waals surface area contributed by atoms with Crippen LogP contribution >= 0.6 is 0 Å². The Balaban J connectivity index is 0.000000310. The van der Waals surface area contributed by atoms with E-state index in [1.165, 1.54) is 0 Å². The molecule has 0 heterocycles. The second-order valence-electron chi connectivity index (χ2n) is 2.28. The van der Waals surface area contributed by atoms with Crippen LogP contribution in [0.25, 0.3) is 0 Å². The number of aromatic carboxylic acids is 1. The first kappa shape index (κ1) is 12.8. The van der Waals surface area contributed by atoms with E-state index in [9.17, 15) is 9.59 Å². The standard InChI is InChI=1S/C7H6O2.CH2NO.K/c8-7(9)6-4-2-1-3-5-6;2-1-3;/h1-5H,(H,8,9);(H2,2,3);. The molecular formula is C8H8KNO3. The summed E-state index contributed by atoms with van der Waals surface area (Å²) >= 11 is 0.201. The molecule has 1 aromatic carbocycles. The molecule has 1 rings (SSSR count). The number of carbonyl (C=O) groups is 2. The van der Waals surface area contributed by atoms with Gasteiger partial charge in [0.05, 0.1) is 5.56 Å². The summed E-state index contributed by atoms with van der Waals surface area (Å²) in [6, 6.07) is 8.30.